The van der Waals surface area contributed by atoms with Crippen LogP contribution in [-0.4, -0.2) is 49.7 Å². The van der Waals surface area contributed by atoms with Gasteiger partial charge in [-0.2, -0.15) is 5.10 Å². The molecular formula is C12H16N4O5. The summed E-state index contributed by atoms with van der Waals surface area (Å²) >= 11 is 0. The molecule has 9 nitrogen and oxygen atoms in total. The van der Waals surface area contributed by atoms with Crippen molar-refractivity contribution in [2.75, 3.05) is 13.1 Å². The van der Waals surface area contributed by atoms with E-state index in [0.717, 1.165) is 0 Å². The Morgan fingerprint density at radius 3 is 2.52 bits per heavy atom. The molecule has 1 N–H and O–H groups in total. The van der Waals surface area contributed by atoms with Gasteiger partial charge in [0.15, 0.2) is 0 Å². The van der Waals surface area contributed by atoms with Crippen molar-refractivity contribution >= 4 is 17.6 Å². The maximum Gasteiger partial charge on any atom is 0.312 e. The van der Waals surface area contributed by atoms with Crippen LogP contribution in [0.1, 0.15) is 17.8 Å². The van der Waals surface area contributed by atoms with Crippen LogP contribution in [0.4, 0.5) is 5.69 Å². The van der Waals surface area contributed by atoms with Gasteiger partial charge in [0.05, 0.1) is 11.3 Å². The fourth-order valence-corrected chi connectivity index (χ4v) is 2.48. The second-order valence-electron chi connectivity index (χ2n) is 5.20. The quantitative estimate of drug-likeness (QED) is 0.618. The number of carbonyl (C=O) groups is 2. The number of nitro groups is 1. The number of carboxylic acids is 1. The summed E-state index contributed by atoms with van der Waals surface area (Å²) in [4.78, 5) is 34.5. The molecule has 114 valence electrons. The molecule has 1 aromatic rings. The Balaban J connectivity index is 1.97. The first kappa shape index (κ1) is 14.9. The second kappa shape index (κ2) is 5.51. The van der Waals surface area contributed by atoms with E-state index >= 15 is 0 Å². The van der Waals surface area contributed by atoms with Gasteiger partial charge in [0.1, 0.15) is 17.9 Å². The first-order valence-corrected chi connectivity index (χ1v) is 6.47. The van der Waals surface area contributed by atoms with Gasteiger partial charge in [-0.3, -0.25) is 24.4 Å². The van der Waals surface area contributed by atoms with E-state index in [2.05, 4.69) is 5.10 Å². The molecule has 1 saturated heterocycles. The first-order chi connectivity index (χ1) is 9.79. The maximum absolute atomic E-state index is 12.0. The van der Waals surface area contributed by atoms with Crippen molar-refractivity contribution in [3.8, 4) is 0 Å². The molecule has 0 aromatic carbocycles. The average Bonchev–Trinajstić information content (AvgIpc) is 2.57. The van der Waals surface area contributed by atoms with Crippen molar-refractivity contribution in [2.24, 2.45) is 5.92 Å². The molecule has 1 amide bonds. The van der Waals surface area contributed by atoms with E-state index in [-0.39, 0.29) is 36.2 Å². The molecule has 21 heavy (non-hydrogen) atoms. The zero-order valence-corrected chi connectivity index (χ0v) is 11.8. The number of hydrogen-bond acceptors (Lipinski definition) is 5. The Bertz CT molecular complexity index is 603. The summed E-state index contributed by atoms with van der Waals surface area (Å²) in [5.74, 6) is -1.10. The van der Waals surface area contributed by atoms with Crippen LogP contribution in [0.5, 0.6) is 0 Å². The van der Waals surface area contributed by atoms with Gasteiger partial charge >= 0.3 is 11.7 Å². The van der Waals surface area contributed by atoms with E-state index in [0.29, 0.717) is 18.8 Å². The molecular weight excluding hydrogens is 280 g/mol. The van der Waals surface area contributed by atoms with Crippen molar-refractivity contribution in [3.05, 3.63) is 21.5 Å². The molecule has 0 spiro atoms. The lowest BCUT2D eigenvalue weighted by molar-refractivity contribution is -0.386. The standard InChI is InChI=1S/C12H16N4O5/c1-7-12(16(20)21)8(2)15(13-7)6-10(17)14-4-9(5-14)3-11(18)19/h9H,3-6H2,1-2H3,(H,18,19). The van der Waals surface area contributed by atoms with Gasteiger partial charge in [0, 0.05) is 19.0 Å². The van der Waals surface area contributed by atoms with Gasteiger partial charge in [0.2, 0.25) is 5.91 Å². The van der Waals surface area contributed by atoms with Crippen molar-refractivity contribution in [1.29, 1.82) is 0 Å². The van der Waals surface area contributed by atoms with Crippen molar-refractivity contribution in [1.82, 2.24) is 14.7 Å². The second-order valence-corrected chi connectivity index (χ2v) is 5.20. The van der Waals surface area contributed by atoms with Crippen LogP contribution in [0.15, 0.2) is 0 Å². The average molecular weight is 296 g/mol. The van der Waals surface area contributed by atoms with Gasteiger partial charge in [0.25, 0.3) is 0 Å². The summed E-state index contributed by atoms with van der Waals surface area (Å²) in [5, 5.41) is 23.6. The number of rotatable bonds is 5. The fourth-order valence-electron chi connectivity index (χ4n) is 2.48. The Labute approximate surface area is 120 Å². The van der Waals surface area contributed by atoms with Crippen LogP contribution in [0.25, 0.3) is 0 Å². The van der Waals surface area contributed by atoms with Gasteiger partial charge in [-0.25, -0.2) is 0 Å². The number of carbonyl (C=O) groups excluding carboxylic acids is 1. The summed E-state index contributed by atoms with van der Waals surface area (Å²) in [6.07, 6.45) is 0.0508. The number of likely N-dealkylation sites (tertiary alicyclic amines) is 1. The molecule has 2 rings (SSSR count). The summed E-state index contributed by atoms with van der Waals surface area (Å²) in [6.45, 7) is 3.83. The van der Waals surface area contributed by atoms with Gasteiger partial charge in [-0.05, 0) is 13.8 Å². The third-order valence-electron chi connectivity index (χ3n) is 3.58. The first-order valence-electron chi connectivity index (χ1n) is 6.47. The number of aromatic nitrogens is 2. The summed E-state index contributed by atoms with van der Waals surface area (Å²) < 4.78 is 1.32. The zero-order chi connectivity index (χ0) is 15.7. The monoisotopic (exact) mass is 296 g/mol. The van der Waals surface area contributed by atoms with E-state index in [4.69, 9.17) is 5.11 Å². The van der Waals surface area contributed by atoms with Gasteiger partial charge in [-0.1, -0.05) is 0 Å². The molecule has 1 aromatic heterocycles. The molecule has 0 atom stereocenters. The van der Waals surface area contributed by atoms with E-state index in [9.17, 15) is 19.7 Å². The van der Waals surface area contributed by atoms with Gasteiger partial charge < -0.3 is 10.0 Å². The van der Waals surface area contributed by atoms with Crippen LogP contribution < -0.4 is 0 Å². The molecule has 2 heterocycles. The summed E-state index contributed by atoms with van der Waals surface area (Å²) in [6, 6.07) is 0. The Morgan fingerprint density at radius 2 is 2.05 bits per heavy atom. The van der Waals surface area contributed by atoms with Crippen LogP contribution in [0, 0.1) is 29.9 Å². The minimum atomic E-state index is -0.874. The van der Waals surface area contributed by atoms with E-state index in [1.54, 1.807) is 6.92 Å². The highest BCUT2D eigenvalue weighted by Crippen LogP contribution is 2.23. The summed E-state index contributed by atoms with van der Waals surface area (Å²) in [5.41, 5.74) is 0.543. The molecule has 1 aliphatic rings. The Kier molecular flexibility index (Phi) is 3.92. The largest absolute Gasteiger partial charge is 0.481 e. The lowest BCUT2D eigenvalue weighted by Gasteiger charge is -2.38. The highest BCUT2D eigenvalue weighted by Gasteiger charge is 2.33. The van der Waals surface area contributed by atoms with E-state index in [1.807, 2.05) is 0 Å². The normalized spacial score (nSPS) is 14.9. The van der Waals surface area contributed by atoms with Crippen molar-refractivity contribution in [3.63, 3.8) is 0 Å². The molecule has 9 heteroatoms. The molecule has 1 fully saturated rings. The predicted molar refractivity (Wildman–Crippen MR) is 70.7 cm³/mol. The number of hydrogen-bond donors (Lipinski definition) is 1. The van der Waals surface area contributed by atoms with Crippen molar-refractivity contribution < 1.29 is 19.6 Å². The molecule has 0 radical (unpaired) electrons. The highest BCUT2D eigenvalue weighted by molar-refractivity contribution is 5.77. The Morgan fingerprint density at radius 1 is 1.43 bits per heavy atom. The number of amides is 1. The van der Waals surface area contributed by atoms with Crippen LogP contribution >= 0.6 is 0 Å². The molecule has 1 aliphatic heterocycles. The molecule has 0 saturated carbocycles. The number of aryl methyl sites for hydroxylation is 1. The molecule has 0 aliphatic carbocycles. The SMILES string of the molecule is Cc1nn(CC(=O)N2CC(CC(=O)O)C2)c(C)c1[N+](=O)[O-]. The lowest BCUT2D eigenvalue weighted by Crippen LogP contribution is -2.51. The summed E-state index contributed by atoms with van der Waals surface area (Å²) in [7, 11) is 0. The molecule has 0 bridgehead atoms. The van der Waals surface area contributed by atoms with Crippen LogP contribution in [0.3, 0.4) is 0 Å². The third-order valence-corrected chi connectivity index (χ3v) is 3.58. The van der Waals surface area contributed by atoms with Gasteiger partial charge in [-0.15, -0.1) is 0 Å². The minimum Gasteiger partial charge on any atom is -0.481 e. The van der Waals surface area contributed by atoms with E-state index in [1.165, 1.54) is 16.5 Å². The van der Waals surface area contributed by atoms with E-state index < -0.39 is 10.9 Å². The molecule has 0 unspecified atom stereocenters. The van der Waals surface area contributed by atoms with Crippen LogP contribution in [-0.2, 0) is 16.1 Å². The fraction of sp³-hybridized carbons (Fsp3) is 0.583. The number of nitrogens with zero attached hydrogens (tertiary/aromatic N) is 4. The van der Waals surface area contributed by atoms with Crippen LogP contribution in [0.2, 0.25) is 0 Å². The number of aliphatic carboxylic acids is 1. The Hall–Kier alpha value is -2.45. The zero-order valence-electron chi connectivity index (χ0n) is 11.8. The third kappa shape index (κ3) is 3.01. The highest BCUT2D eigenvalue weighted by atomic mass is 16.6. The lowest BCUT2D eigenvalue weighted by atomic mass is 9.96. The topological polar surface area (TPSA) is 119 Å². The number of carboxylic acid groups (broad SMARTS) is 1. The predicted octanol–water partition coefficient (Wildman–Crippen LogP) is 0.341. The smallest absolute Gasteiger partial charge is 0.312 e. The van der Waals surface area contributed by atoms with Crippen molar-refractivity contribution in [2.45, 2.75) is 26.8 Å². The maximum atomic E-state index is 12.0. The minimum absolute atomic E-state index is 0.0127.